The Morgan fingerprint density at radius 1 is 1.43 bits per heavy atom. The molecule has 1 rings (SSSR count). The molecule has 0 amide bonds. The monoisotopic (exact) mass is 211 g/mol. The van der Waals surface area contributed by atoms with Crippen LogP contribution in [0, 0.1) is 0 Å². The van der Waals surface area contributed by atoms with Gasteiger partial charge in [-0.15, -0.1) is 11.8 Å². The molecule has 0 aromatic heterocycles. The summed E-state index contributed by atoms with van der Waals surface area (Å²) in [5.41, 5.74) is 3.22. The minimum absolute atomic E-state index is 0.0273. The second-order valence-corrected chi connectivity index (χ2v) is 3.56. The quantitative estimate of drug-likeness (QED) is 0.457. The van der Waals surface area contributed by atoms with Crippen molar-refractivity contribution in [3.05, 3.63) is 29.8 Å². The van der Waals surface area contributed by atoms with Gasteiger partial charge in [0.05, 0.1) is 13.7 Å². The largest absolute Gasteiger partial charge is 0.305 e. The number of hydrogen-bond donors (Lipinski definition) is 1. The Kier molecular flexibility index (Phi) is 4.65. The molecule has 14 heavy (non-hydrogen) atoms. The first-order valence-corrected chi connectivity index (χ1v) is 5.43. The van der Waals surface area contributed by atoms with Gasteiger partial charge in [0, 0.05) is 10.5 Å². The fourth-order valence-electron chi connectivity index (χ4n) is 1.02. The van der Waals surface area contributed by atoms with Crippen LogP contribution in [0.2, 0.25) is 0 Å². The van der Waals surface area contributed by atoms with Gasteiger partial charge in [0.2, 0.25) is 0 Å². The molecule has 1 aromatic rings. The lowest BCUT2D eigenvalue weighted by Gasteiger charge is -2.02. The summed E-state index contributed by atoms with van der Waals surface area (Å²) in [5, 5.41) is 0. The van der Waals surface area contributed by atoms with Crippen molar-refractivity contribution in [2.24, 2.45) is 0 Å². The Labute approximate surface area is 87.8 Å². The molecule has 4 heteroatoms. The molecule has 1 aromatic carbocycles. The maximum absolute atomic E-state index is 11.5. The van der Waals surface area contributed by atoms with Crippen molar-refractivity contribution < 1.29 is 9.63 Å². The summed E-state index contributed by atoms with van der Waals surface area (Å²) in [5.74, 6) is 0.0273. The van der Waals surface area contributed by atoms with Gasteiger partial charge in [-0.2, -0.15) is 5.48 Å². The number of hydroxylamine groups is 1. The number of rotatable bonds is 5. The standard InChI is InChI=1S/C10H13NO2S/c1-13-11-7-10(12)8-3-5-9(14-2)6-4-8/h3-6,11H,7H2,1-2H3. The van der Waals surface area contributed by atoms with E-state index in [0.29, 0.717) is 5.56 Å². The number of Topliss-reactive ketones (excluding diaryl/α,β-unsaturated/α-hetero) is 1. The van der Waals surface area contributed by atoms with E-state index in [9.17, 15) is 4.79 Å². The molecular weight excluding hydrogens is 198 g/mol. The molecule has 1 N–H and O–H groups in total. The van der Waals surface area contributed by atoms with Gasteiger partial charge in [0.1, 0.15) is 0 Å². The Balaban J connectivity index is 2.62. The van der Waals surface area contributed by atoms with E-state index in [1.165, 1.54) is 7.11 Å². The lowest BCUT2D eigenvalue weighted by Crippen LogP contribution is -2.21. The van der Waals surface area contributed by atoms with Gasteiger partial charge in [-0.05, 0) is 18.4 Å². The molecule has 0 atom stereocenters. The van der Waals surface area contributed by atoms with Crippen molar-refractivity contribution in [3.8, 4) is 0 Å². The smallest absolute Gasteiger partial charge is 0.178 e. The van der Waals surface area contributed by atoms with Crippen molar-refractivity contribution in [2.45, 2.75) is 4.90 Å². The predicted octanol–water partition coefficient (Wildman–Crippen LogP) is 1.74. The zero-order chi connectivity index (χ0) is 10.4. The van der Waals surface area contributed by atoms with Crippen LogP contribution in [0.15, 0.2) is 29.2 Å². The van der Waals surface area contributed by atoms with Crippen LogP contribution >= 0.6 is 11.8 Å². The van der Waals surface area contributed by atoms with E-state index in [1.54, 1.807) is 11.8 Å². The van der Waals surface area contributed by atoms with Crippen LogP contribution in [-0.2, 0) is 4.84 Å². The maximum atomic E-state index is 11.5. The van der Waals surface area contributed by atoms with Crippen LogP contribution in [0.25, 0.3) is 0 Å². The summed E-state index contributed by atoms with van der Waals surface area (Å²) in [6, 6.07) is 7.52. The first-order chi connectivity index (χ1) is 6.77. The molecule has 3 nitrogen and oxygen atoms in total. The van der Waals surface area contributed by atoms with Gasteiger partial charge in [-0.25, -0.2) is 0 Å². The van der Waals surface area contributed by atoms with Crippen LogP contribution in [0.5, 0.6) is 0 Å². The minimum Gasteiger partial charge on any atom is -0.305 e. The van der Waals surface area contributed by atoms with Gasteiger partial charge in [0.25, 0.3) is 0 Å². The maximum Gasteiger partial charge on any atom is 0.178 e. The molecule has 0 aliphatic carbocycles. The molecular formula is C10H13NO2S. The Morgan fingerprint density at radius 2 is 2.07 bits per heavy atom. The second kappa shape index (κ2) is 5.80. The van der Waals surface area contributed by atoms with Crippen LogP contribution < -0.4 is 5.48 Å². The van der Waals surface area contributed by atoms with E-state index in [1.807, 2.05) is 30.5 Å². The Hall–Kier alpha value is -0.840. The summed E-state index contributed by atoms with van der Waals surface area (Å²) in [4.78, 5) is 17.2. The lowest BCUT2D eigenvalue weighted by molar-refractivity contribution is 0.0735. The Bertz CT molecular complexity index is 297. The molecule has 0 aliphatic rings. The molecule has 0 heterocycles. The van der Waals surface area contributed by atoms with Crippen LogP contribution in [0.1, 0.15) is 10.4 Å². The van der Waals surface area contributed by atoms with Crippen LogP contribution in [0.4, 0.5) is 0 Å². The van der Waals surface area contributed by atoms with Gasteiger partial charge in [-0.1, -0.05) is 12.1 Å². The number of carbonyl (C=O) groups is 1. The van der Waals surface area contributed by atoms with E-state index < -0.39 is 0 Å². The average molecular weight is 211 g/mol. The number of nitrogens with one attached hydrogen (secondary N) is 1. The minimum atomic E-state index is 0.0273. The molecule has 0 saturated heterocycles. The van der Waals surface area contributed by atoms with E-state index in [0.717, 1.165) is 4.90 Å². The van der Waals surface area contributed by atoms with Crippen molar-refractivity contribution in [2.75, 3.05) is 19.9 Å². The highest BCUT2D eigenvalue weighted by Gasteiger charge is 2.04. The molecule has 0 saturated carbocycles. The van der Waals surface area contributed by atoms with Crippen molar-refractivity contribution >= 4 is 17.5 Å². The van der Waals surface area contributed by atoms with Gasteiger partial charge in [0.15, 0.2) is 5.78 Å². The molecule has 0 aliphatic heterocycles. The van der Waals surface area contributed by atoms with Crippen LogP contribution in [0.3, 0.4) is 0 Å². The summed E-state index contributed by atoms with van der Waals surface area (Å²) < 4.78 is 0. The molecule has 0 bridgehead atoms. The lowest BCUT2D eigenvalue weighted by atomic mass is 10.1. The highest BCUT2D eigenvalue weighted by molar-refractivity contribution is 7.98. The first-order valence-electron chi connectivity index (χ1n) is 4.21. The third-order valence-electron chi connectivity index (χ3n) is 1.79. The third-order valence-corrected chi connectivity index (χ3v) is 2.53. The van der Waals surface area contributed by atoms with Gasteiger partial charge >= 0.3 is 0 Å². The summed E-state index contributed by atoms with van der Waals surface area (Å²) >= 11 is 1.66. The van der Waals surface area contributed by atoms with Crippen LogP contribution in [-0.4, -0.2) is 25.7 Å². The molecule has 0 spiro atoms. The number of ketones is 1. The first kappa shape index (κ1) is 11.2. The van der Waals surface area contributed by atoms with Crippen molar-refractivity contribution in [3.63, 3.8) is 0 Å². The number of hydrogen-bond acceptors (Lipinski definition) is 4. The van der Waals surface area contributed by atoms with Crippen molar-refractivity contribution in [1.29, 1.82) is 0 Å². The van der Waals surface area contributed by atoms with Gasteiger partial charge in [-0.3, -0.25) is 4.79 Å². The van der Waals surface area contributed by atoms with E-state index in [-0.39, 0.29) is 12.3 Å². The topological polar surface area (TPSA) is 38.3 Å². The third kappa shape index (κ3) is 3.14. The van der Waals surface area contributed by atoms with E-state index in [2.05, 4.69) is 10.3 Å². The van der Waals surface area contributed by atoms with E-state index >= 15 is 0 Å². The molecule has 0 fully saturated rings. The van der Waals surface area contributed by atoms with Gasteiger partial charge < -0.3 is 4.84 Å². The average Bonchev–Trinajstić information content (AvgIpc) is 2.26. The number of carbonyl (C=O) groups excluding carboxylic acids is 1. The predicted molar refractivity (Wildman–Crippen MR) is 57.6 cm³/mol. The fraction of sp³-hybridized carbons (Fsp3) is 0.300. The number of benzene rings is 1. The Morgan fingerprint density at radius 3 is 2.57 bits per heavy atom. The summed E-state index contributed by atoms with van der Waals surface area (Å²) in [6.07, 6.45) is 2.00. The highest BCUT2D eigenvalue weighted by Crippen LogP contribution is 2.14. The zero-order valence-corrected chi connectivity index (χ0v) is 9.06. The second-order valence-electron chi connectivity index (χ2n) is 2.68. The highest BCUT2D eigenvalue weighted by atomic mass is 32.2. The van der Waals surface area contributed by atoms with Crippen molar-refractivity contribution in [1.82, 2.24) is 5.48 Å². The summed E-state index contributed by atoms with van der Waals surface area (Å²) in [6.45, 7) is 0.203. The molecule has 0 unspecified atom stereocenters. The SMILES string of the molecule is CONCC(=O)c1ccc(SC)cc1. The normalized spacial score (nSPS) is 10.1. The molecule has 76 valence electrons. The number of thioether (sulfide) groups is 1. The molecule has 0 radical (unpaired) electrons. The fourth-order valence-corrected chi connectivity index (χ4v) is 1.42. The zero-order valence-electron chi connectivity index (χ0n) is 8.24. The van der Waals surface area contributed by atoms with E-state index in [4.69, 9.17) is 0 Å². The summed E-state index contributed by atoms with van der Waals surface area (Å²) in [7, 11) is 1.49.